The van der Waals surface area contributed by atoms with E-state index in [0.29, 0.717) is 0 Å². The molecular formula is C11H23NS2. The molecule has 0 unspecified atom stereocenters. The number of piperidine rings is 1. The number of rotatable bonds is 6. The first kappa shape index (κ1) is 12.7. The predicted molar refractivity (Wildman–Crippen MR) is 70.0 cm³/mol. The summed E-state index contributed by atoms with van der Waals surface area (Å²) in [6.45, 7) is 8.59. The molecule has 84 valence electrons. The molecule has 0 aromatic heterocycles. The Morgan fingerprint density at radius 2 is 1.79 bits per heavy atom. The largest absolute Gasteiger partial charge is 0.302 e. The third kappa shape index (κ3) is 5.52. The van der Waals surface area contributed by atoms with E-state index < -0.39 is 0 Å². The minimum absolute atomic E-state index is 0.966. The molecule has 1 saturated heterocycles. The molecule has 0 saturated carbocycles. The van der Waals surface area contributed by atoms with Gasteiger partial charge >= 0.3 is 0 Å². The topological polar surface area (TPSA) is 3.24 Å². The van der Waals surface area contributed by atoms with Gasteiger partial charge in [0.05, 0.1) is 0 Å². The standard InChI is InChI=1S/C11H23NS2/c1-3-9-13-14-10-8-12-6-4-11(2)5-7-12/h11H,3-10H2,1-2H3. The van der Waals surface area contributed by atoms with Gasteiger partial charge in [0.2, 0.25) is 0 Å². The van der Waals surface area contributed by atoms with Gasteiger partial charge < -0.3 is 4.90 Å². The summed E-state index contributed by atoms with van der Waals surface area (Å²) in [6, 6.07) is 0. The van der Waals surface area contributed by atoms with E-state index >= 15 is 0 Å². The van der Waals surface area contributed by atoms with Gasteiger partial charge in [0.15, 0.2) is 0 Å². The number of hydrogen-bond donors (Lipinski definition) is 0. The first-order valence-corrected chi connectivity index (χ1v) is 8.28. The van der Waals surface area contributed by atoms with E-state index in [1.165, 1.54) is 50.4 Å². The summed E-state index contributed by atoms with van der Waals surface area (Å²) in [5, 5.41) is 0. The molecule has 1 rings (SSSR count). The Labute approximate surface area is 96.8 Å². The fourth-order valence-electron chi connectivity index (χ4n) is 1.65. The van der Waals surface area contributed by atoms with Crippen LogP contribution in [0.3, 0.4) is 0 Å². The van der Waals surface area contributed by atoms with Crippen LogP contribution in [0.15, 0.2) is 0 Å². The molecule has 1 heterocycles. The van der Waals surface area contributed by atoms with Crippen LogP contribution in [0.2, 0.25) is 0 Å². The molecule has 0 bridgehead atoms. The van der Waals surface area contributed by atoms with Crippen molar-refractivity contribution >= 4 is 21.6 Å². The highest BCUT2D eigenvalue weighted by molar-refractivity contribution is 8.76. The summed E-state index contributed by atoms with van der Waals surface area (Å²) in [4.78, 5) is 2.62. The molecule has 1 nitrogen and oxygen atoms in total. The van der Waals surface area contributed by atoms with Crippen molar-refractivity contribution < 1.29 is 0 Å². The van der Waals surface area contributed by atoms with E-state index in [1.54, 1.807) is 0 Å². The van der Waals surface area contributed by atoms with Gasteiger partial charge in [-0.25, -0.2) is 0 Å². The molecular weight excluding hydrogens is 210 g/mol. The second-order valence-electron chi connectivity index (χ2n) is 4.17. The first-order valence-electron chi connectivity index (χ1n) is 5.79. The highest BCUT2D eigenvalue weighted by Gasteiger charge is 2.14. The van der Waals surface area contributed by atoms with Crippen molar-refractivity contribution in [2.24, 2.45) is 5.92 Å². The number of hydrogen-bond acceptors (Lipinski definition) is 3. The van der Waals surface area contributed by atoms with E-state index in [4.69, 9.17) is 0 Å². The Hall–Kier alpha value is 0.660. The summed E-state index contributed by atoms with van der Waals surface area (Å²) in [7, 11) is 4.08. The summed E-state index contributed by atoms with van der Waals surface area (Å²) >= 11 is 0. The predicted octanol–water partition coefficient (Wildman–Crippen LogP) is 3.51. The minimum Gasteiger partial charge on any atom is -0.302 e. The lowest BCUT2D eigenvalue weighted by Crippen LogP contribution is -2.34. The zero-order valence-electron chi connectivity index (χ0n) is 9.50. The molecule has 1 aliphatic heterocycles. The van der Waals surface area contributed by atoms with Crippen LogP contribution in [0.1, 0.15) is 33.1 Å². The highest BCUT2D eigenvalue weighted by atomic mass is 33.1. The molecule has 3 heteroatoms. The average molecular weight is 233 g/mol. The molecule has 0 aromatic carbocycles. The molecule has 0 atom stereocenters. The zero-order chi connectivity index (χ0) is 10.2. The summed E-state index contributed by atoms with van der Waals surface area (Å²) < 4.78 is 0. The second-order valence-corrected chi connectivity index (χ2v) is 6.87. The van der Waals surface area contributed by atoms with Gasteiger partial charge in [-0.15, -0.1) is 0 Å². The van der Waals surface area contributed by atoms with Crippen molar-refractivity contribution in [2.75, 3.05) is 31.1 Å². The van der Waals surface area contributed by atoms with E-state index in [0.717, 1.165) is 5.92 Å². The van der Waals surface area contributed by atoms with Crippen molar-refractivity contribution in [3.05, 3.63) is 0 Å². The maximum absolute atomic E-state index is 2.62. The van der Waals surface area contributed by atoms with Crippen LogP contribution in [0.5, 0.6) is 0 Å². The molecule has 14 heavy (non-hydrogen) atoms. The lowest BCUT2D eigenvalue weighted by Gasteiger charge is -2.29. The summed E-state index contributed by atoms with van der Waals surface area (Å²) in [5.41, 5.74) is 0. The molecule has 0 amide bonds. The third-order valence-electron chi connectivity index (χ3n) is 2.74. The van der Waals surface area contributed by atoms with Crippen LogP contribution in [0.4, 0.5) is 0 Å². The minimum atomic E-state index is 0.966. The third-order valence-corrected chi connectivity index (χ3v) is 5.33. The van der Waals surface area contributed by atoms with Crippen molar-refractivity contribution in [1.82, 2.24) is 4.90 Å². The molecule has 0 N–H and O–H groups in total. The maximum atomic E-state index is 2.62. The van der Waals surface area contributed by atoms with Crippen molar-refractivity contribution in [3.63, 3.8) is 0 Å². The quantitative estimate of drug-likeness (QED) is 0.510. The Bertz CT molecular complexity index is 133. The van der Waals surface area contributed by atoms with Crippen LogP contribution in [-0.4, -0.2) is 36.0 Å². The van der Waals surface area contributed by atoms with Gasteiger partial charge in [-0.1, -0.05) is 35.4 Å². The Morgan fingerprint density at radius 1 is 1.14 bits per heavy atom. The molecule has 0 aliphatic carbocycles. The highest BCUT2D eigenvalue weighted by Crippen LogP contribution is 2.22. The van der Waals surface area contributed by atoms with Gasteiger partial charge in [-0.3, -0.25) is 0 Å². The van der Waals surface area contributed by atoms with Gasteiger partial charge in [0.25, 0.3) is 0 Å². The Balaban J connectivity index is 1.91. The van der Waals surface area contributed by atoms with E-state index in [9.17, 15) is 0 Å². The van der Waals surface area contributed by atoms with Crippen LogP contribution >= 0.6 is 21.6 Å². The van der Waals surface area contributed by atoms with Crippen LogP contribution in [0.25, 0.3) is 0 Å². The average Bonchev–Trinajstić information content (AvgIpc) is 2.21. The lowest BCUT2D eigenvalue weighted by atomic mass is 9.99. The molecule has 0 aromatic rings. The van der Waals surface area contributed by atoms with E-state index in [2.05, 4.69) is 18.7 Å². The van der Waals surface area contributed by atoms with Gasteiger partial charge in [-0.05, 0) is 38.3 Å². The fourth-order valence-corrected chi connectivity index (χ4v) is 3.82. The smallest absolute Gasteiger partial charge is 0.0165 e. The molecule has 1 aliphatic rings. The Kier molecular flexibility index (Phi) is 7.17. The SMILES string of the molecule is CCCSSCCN1CCC(C)CC1. The Morgan fingerprint density at radius 3 is 2.43 bits per heavy atom. The van der Waals surface area contributed by atoms with Crippen molar-refractivity contribution in [2.45, 2.75) is 33.1 Å². The number of likely N-dealkylation sites (tertiary alicyclic amines) is 1. The van der Waals surface area contributed by atoms with Crippen LogP contribution in [0, 0.1) is 5.92 Å². The van der Waals surface area contributed by atoms with Gasteiger partial charge in [0, 0.05) is 18.1 Å². The number of nitrogens with zero attached hydrogens (tertiary/aromatic N) is 1. The van der Waals surface area contributed by atoms with Gasteiger partial charge in [0.1, 0.15) is 0 Å². The zero-order valence-corrected chi connectivity index (χ0v) is 11.1. The first-order chi connectivity index (χ1) is 6.83. The molecule has 0 spiro atoms. The van der Waals surface area contributed by atoms with E-state index in [1.807, 2.05) is 21.6 Å². The van der Waals surface area contributed by atoms with Crippen molar-refractivity contribution in [1.29, 1.82) is 0 Å². The molecule has 0 radical (unpaired) electrons. The van der Waals surface area contributed by atoms with E-state index in [-0.39, 0.29) is 0 Å². The normalized spacial score (nSPS) is 20.1. The van der Waals surface area contributed by atoms with Crippen LogP contribution < -0.4 is 0 Å². The lowest BCUT2D eigenvalue weighted by molar-refractivity contribution is 0.203. The fraction of sp³-hybridized carbons (Fsp3) is 1.00. The maximum Gasteiger partial charge on any atom is 0.0165 e. The van der Waals surface area contributed by atoms with Crippen molar-refractivity contribution in [3.8, 4) is 0 Å². The second kappa shape index (κ2) is 7.89. The van der Waals surface area contributed by atoms with Gasteiger partial charge in [-0.2, -0.15) is 0 Å². The molecule has 1 fully saturated rings. The van der Waals surface area contributed by atoms with Crippen LogP contribution in [-0.2, 0) is 0 Å². The monoisotopic (exact) mass is 233 g/mol. The summed E-state index contributed by atoms with van der Waals surface area (Å²) in [5.74, 6) is 3.58. The summed E-state index contributed by atoms with van der Waals surface area (Å²) in [6.07, 6.45) is 4.12.